The molecule has 4 nitrogen and oxygen atoms in total. The molecule has 0 bridgehead atoms. The molecule has 0 spiro atoms. The van der Waals surface area contributed by atoms with Crippen LogP contribution in [0.3, 0.4) is 0 Å². The van der Waals surface area contributed by atoms with E-state index in [-0.39, 0.29) is 21.7 Å². The average Bonchev–Trinajstić information content (AvgIpc) is 3.89. The number of rotatable bonds is 8. The van der Waals surface area contributed by atoms with Crippen molar-refractivity contribution < 1.29 is 48.8 Å². The van der Waals surface area contributed by atoms with E-state index >= 15 is 0 Å². The maximum Gasteiger partial charge on any atom is 4.00 e. The van der Waals surface area contributed by atoms with Crippen LogP contribution in [-0.4, -0.2) is 22.3 Å². The fraction of sp³-hybridized carbons (Fsp3) is 0.300. The van der Waals surface area contributed by atoms with Crippen molar-refractivity contribution in [2.24, 2.45) is 0 Å². The molecule has 2 aromatic heterocycles. The van der Waals surface area contributed by atoms with Gasteiger partial charge >= 0.3 is 21.7 Å². The third-order valence-electron chi connectivity index (χ3n) is 7.33. The van der Waals surface area contributed by atoms with Crippen molar-refractivity contribution in [3.8, 4) is 11.4 Å². The van der Waals surface area contributed by atoms with Gasteiger partial charge in [-0.05, 0) is 76.2 Å². The van der Waals surface area contributed by atoms with Crippen LogP contribution < -0.4 is 0 Å². The van der Waals surface area contributed by atoms with Crippen LogP contribution in [-0.2, 0) is 44.4 Å². The van der Waals surface area contributed by atoms with Gasteiger partial charge in [0.15, 0.2) is 0 Å². The van der Waals surface area contributed by atoms with Crippen molar-refractivity contribution in [3.05, 3.63) is 154 Å². The van der Waals surface area contributed by atoms with Gasteiger partial charge < -0.3 is 18.6 Å². The number of ether oxygens (including phenoxy) is 2. The summed E-state index contributed by atoms with van der Waals surface area (Å²) in [5.41, 5.74) is 6.16. The molecule has 2 aliphatic rings. The normalized spacial score (nSPS) is 12.1. The van der Waals surface area contributed by atoms with Crippen molar-refractivity contribution in [2.45, 2.75) is 67.6 Å². The van der Waals surface area contributed by atoms with E-state index in [0.717, 1.165) is 46.7 Å². The number of benzene rings is 2. The van der Waals surface area contributed by atoms with Crippen LogP contribution in [0.4, 0.5) is 17.6 Å². The first-order chi connectivity index (χ1) is 23.1. The van der Waals surface area contributed by atoms with Gasteiger partial charge in [0.05, 0.1) is 13.2 Å². The van der Waals surface area contributed by atoms with E-state index in [9.17, 15) is 17.6 Å². The molecule has 2 aliphatic carbocycles. The minimum atomic E-state index is -0.696. The Morgan fingerprint density at radius 2 is 1.02 bits per heavy atom. The predicted octanol–water partition coefficient (Wildman–Crippen LogP) is 10.0. The van der Waals surface area contributed by atoms with Crippen LogP contribution in [0, 0.1) is 75.2 Å². The molecule has 0 aliphatic heterocycles. The summed E-state index contributed by atoms with van der Waals surface area (Å²) in [6.07, 6.45) is 20.0. The first-order valence-electron chi connectivity index (χ1n) is 15.8. The SMILES string of the molecule is CCOCc1cc(C)n(-c2ccc(F)[c-]c2F)c1C.CCOCc1cc(C)n(-c2ccc(F)[c-]c2F)c1C.[C-]1=CC=CC1.[C-]1=CC=CC1.[Ti+4]. The van der Waals surface area contributed by atoms with E-state index < -0.39 is 23.3 Å². The van der Waals surface area contributed by atoms with Gasteiger partial charge in [-0.3, -0.25) is 12.2 Å². The van der Waals surface area contributed by atoms with Gasteiger partial charge in [0.1, 0.15) is 0 Å². The van der Waals surface area contributed by atoms with E-state index in [4.69, 9.17) is 9.47 Å². The van der Waals surface area contributed by atoms with Crippen molar-refractivity contribution in [1.29, 1.82) is 0 Å². The van der Waals surface area contributed by atoms with Crippen LogP contribution in [0.5, 0.6) is 0 Å². The summed E-state index contributed by atoms with van der Waals surface area (Å²) in [4.78, 5) is 0. The molecule has 256 valence electrons. The quantitative estimate of drug-likeness (QED) is 0.104. The average molecular weight is 707 g/mol. The van der Waals surface area contributed by atoms with Gasteiger partial charge in [0.25, 0.3) is 0 Å². The third-order valence-corrected chi connectivity index (χ3v) is 7.33. The van der Waals surface area contributed by atoms with Gasteiger partial charge in [-0.2, -0.15) is 12.2 Å². The van der Waals surface area contributed by atoms with Crippen LogP contribution in [0.25, 0.3) is 11.4 Å². The van der Waals surface area contributed by atoms with Gasteiger partial charge in [0, 0.05) is 59.3 Å². The summed E-state index contributed by atoms with van der Waals surface area (Å²) in [6.45, 7) is 13.6. The van der Waals surface area contributed by atoms with E-state index in [1.807, 2.05) is 78.0 Å². The molecular weight excluding hydrogens is 664 g/mol. The molecule has 49 heavy (non-hydrogen) atoms. The van der Waals surface area contributed by atoms with Crippen LogP contribution >= 0.6 is 0 Å². The fourth-order valence-corrected chi connectivity index (χ4v) is 5.01. The topological polar surface area (TPSA) is 28.3 Å². The molecule has 0 N–H and O–H groups in total. The summed E-state index contributed by atoms with van der Waals surface area (Å²) in [5.74, 6) is -2.77. The zero-order valence-electron chi connectivity index (χ0n) is 28.9. The Balaban J connectivity index is 0.000000260. The van der Waals surface area contributed by atoms with Gasteiger partial charge in [-0.1, -0.05) is 0 Å². The second-order valence-corrected chi connectivity index (χ2v) is 10.8. The Hall–Kier alpha value is -3.69. The monoisotopic (exact) mass is 706 g/mol. The maximum absolute atomic E-state index is 13.8. The van der Waals surface area contributed by atoms with E-state index in [1.54, 1.807) is 9.13 Å². The van der Waals surface area contributed by atoms with Gasteiger partial charge in [0.2, 0.25) is 0 Å². The summed E-state index contributed by atoms with van der Waals surface area (Å²) in [6, 6.07) is 13.3. The zero-order chi connectivity index (χ0) is 35.1. The Labute approximate surface area is 303 Å². The van der Waals surface area contributed by atoms with Crippen LogP contribution in [0.2, 0.25) is 0 Å². The van der Waals surface area contributed by atoms with Crippen molar-refractivity contribution in [3.63, 3.8) is 0 Å². The number of hydrogen-bond acceptors (Lipinski definition) is 2. The molecular formula is C40H42F4N2O2Ti. The van der Waals surface area contributed by atoms with E-state index in [2.05, 4.69) is 36.4 Å². The minimum Gasteiger partial charge on any atom is -0.377 e. The molecule has 0 unspecified atom stereocenters. The summed E-state index contributed by atoms with van der Waals surface area (Å²) in [7, 11) is 0. The fourth-order valence-electron chi connectivity index (χ4n) is 5.01. The standard InChI is InChI=1S/2C15H16F2NO.2C5H5.Ti/c2*1-4-19-9-12-7-10(2)18(11(12)3)15-6-5-13(16)8-14(15)17;2*1-2-4-5-3-1;/h2*5-7H,4,9H2,1-3H3;2*1-3H,4H2;/q4*-1;+4. The maximum atomic E-state index is 13.8. The summed E-state index contributed by atoms with van der Waals surface area (Å²) >= 11 is 0. The number of nitrogens with zero attached hydrogens (tertiary/aromatic N) is 2. The number of aromatic nitrogens is 2. The number of aryl methyl sites for hydroxylation is 2. The molecule has 2 heterocycles. The van der Waals surface area contributed by atoms with Gasteiger partial charge in [-0.15, -0.1) is 49.2 Å². The second kappa shape index (κ2) is 21.4. The molecule has 0 saturated carbocycles. The Morgan fingerprint density at radius 3 is 1.29 bits per heavy atom. The summed E-state index contributed by atoms with van der Waals surface area (Å²) in [5, 5.41) is 0. The zero-order valence-corrected chi connectivity index (χ0v) is 30.5. The predicted molar refractivity (Wildman–Crippen MR) is 182 cm³/mol. The van der Waals surface area contributed by atoms with Crippen LogP contribution in [0.15, 0.2) is 72.9 Å². The van der Waals surface area contributed by atoms with E-state index in [0.29, 0.717) is 37.8 Å². The molecule has 6 rings (SSSR count). The number of allylic oxidation sites excluding steroid dienone is 8. The van der Waals surface area contributed by atoms with Crippen LogP contribution in [0.1, 0.15) is 60.6 Å². The molecule has 0 fully saturated rings. The Bertz CT molecular complexity index is 1600. The van der Waals surface area contributed by atoms with E-state index in [1.165, 1.54) is 24.3 Å². The largest absolute Gasteiger partial charge is 4.00 e. The van der Waals surface area contributed by atoms with Crippen molar-refractivity contribution in [2.75, 3.05) is 13.2 Å². The minimum absolute atomic E-state index is 0. The molecule has 4 aromatic rings. The molecule has 2 aromatic carbocycles. The second-order valence-electron chi connectivity index (χ2n) is 10.8. The molecule has 0 radical (unpaired) electrons. The molecule has 0 saturated heterocycles. The first-order valence-corrected chi connectivity index (χ1v) is 15.8. The third kappa shape index (κ3) is 12.3. The molecule has 0 amide bonds. The Morgan fingerprint density at radius 1 is 0.633 bits per heavy atom. The Kier molecular flexibility index (Phi) is 18.1. The number of hydrogen-bond donors (Lipinski definition) is 0. The number of halogens is 4. The van der Waals surface area contributed by atoms with Crippen molar-refractivity contribution in [1.82, 2.24) is 9.13 Å². The summed E-state index contributed by atoms with van der Waals surface area (Å²) < 4.78 is 67.7. The van der Waals surface area contributed by atoms with Gasteiger partial charge in [-0.25, -0.2) is 41.9 Å². The molecule has 9 heteroatoms. The smallest absolute Gasteiger partial charge is 0.377 e. The molecule has 0 atom stereocenters. The first kappa shape index (κ1) is 41.5. The van der Waals surface area contributed by atoms with Crippen molar-refractivity contribution >= 4 is 0 Å².